The molecule has 0 saturated heterocycles. The zero-order valence-electron chi connectivity index (χ0n) is 13.2. The highest BCUT2D eigenvalue weighted by atomic mass is 16.6. The van der Waals surface area contributed by atoms with Crippen molar-refractivity contribution in [3.63, 3.8) is 0 Å². The molecule has 0 saturated carbocycles. The Morgan fingerprint density at radius 1 is 1.33 bits per heavy atom. The van der Waals surface area contributed by atoms with E-state index < -0.39 is 0 Å². The summed E-state index contributed by atoms with van der Waals surface area (Å²) in [6.07, 6.45) is 1.44. The number of ether oxygens (including phenoxy) is 2. The van der Waals surface area contributed by atoms with Gasteiger partial charge in [-0.2, -0.15) is 0 Å². The third-order valence-electron chi connectivity index (χ3n) is 3.42. The summed E-state index contributed by atoms with van der Waals surface area (Å²) in [7, 11) is 0. The van der Waals surface area contributed by atoms with E-state index in [9.17, 15) is 4.79 Å². The van der Waals surface area contributed by atoms with Gasteiger partial charge in [0.1, 0.15) is 6.61 Å². The second-order valence-electron chi connectivity index (χ2n) is 5.94. The summed E-state index contributed by atoms with van der Waals surface area (Å²) < 4.78 is 11.7. The Balaban J connectivity index is 1.97. The Bertz CT molecular complexity index is 473. The predicted octanol–water partition coefficient (Wildman–Crippen LogP) is 3.11. The molecule has 0 bridgehead atoms. The van der Waals surface area contributed by atoms with Gasteiger partial charge >= 0.3 is 0 Å². The number of fused-ring (bicyclic) bond motifs is 1. The number of nitrogens with zero attached hydrogens (tertiary/aromatic N) is 1. The van der Waals surface area contributed by atoms with Crippen LogP contribution in [0.2, 0.25) is 0 Å². The normalized spacial score (nSPS) is 16.9. The number of hydrogen-bond acceptors (Lipinski definition) is 3. The second kappa shape index (κ2) is 7.34. The van der Waals surface area contributed by atoms with Crippen LogP contribution in [-0.4, -0.2) is 36.6 Å². The van der Waals surface area contributed by atoms with Crippen molar-refractivity contribution in [2.24, 2.45) is 5.92 Å². The third-order valence-corrected chi connectivity index (χ3v) is 3.42. The minimum absolute atomic E-state index is 0.0948. The number of benzene rings is 1. The summed E-state index contributed by atoms with van der Waals surface area (Å²) in [5.41, 5.74) is 0. The fraction of sp³-hybridized carbons (Fsp3) is 0.588. The van der Waals surface area contributed by atoms with Crippen LogP contribution in [-0.2, 0) is 4.79 Å². The molecule has 1 heterocycles. The van der Waals surface area contributed by atoms with Crippen molar-refractivity contribution in [2.75, 3.05) is 19.7 Å². The smallest absolute Gasteiger partial charge is 0.222 e. The highest BCUT2D eigenvalue weighted by molar-refractivity contribution is 5.76. The van der Waals surface area contributed by atoms with Crippen LogP contribution >= 0.6 is 0 Å². The van der Waals surface area contributed by atoms with Crippen LogP contribution in [0.15, 0.2) is 24.3 Å². The van der Waals surface area contributed by atoms with Gasteiger partial charge in [0, 0.05) is 13.0 Å². The molecule has 1 amide bonds. The fourth-order valence-electron chi connectivity index (χ4n) is 2.46. The maximum Gasteiger partial charge on any atom is 0.222 e. The third kappa shape index (κ3) is 4.38. The molecule has 0 N–H and O–H groups in total. The molecule has 4 heteroatoms. The van der Waals surface area contributed by atoms with E-state index in [1.807, 2.05) is 29.2 Å². The number of hydrogen-bond donors (Lipinski definition) is 0. The summed E-state index contributed by atoms with van der Waals surface area (Å²) in [5.74, 6) is 2.13. The van der Waals surface area contributed by atoms with E-state index in [0.717, 1.165) is 24.5 Å². The van der Waals surface area contributed by atoms with Crippen LogP contribution in [0, 0.1) is 5.92 Å². The molecule has 0 fully saturated rings. The molecular weight excluding hydrogens is 266 g/mol. The van der Waals surface area contributed by atoms with Crippen molar-refractivity contribution in [3.8, 4) is 11.5 Å². The van der Waals surface area contributed by atoms with E-state index >= 15 is 0 Å². The van der Waals surface area contributed by atoms with E-state index in [0.29, 0.717) is 25.5 Å². The maximum absolute atomic E-state index is 12.3. The minimum atomic E-state index is -0.0948. The van der Waals surface area contributed by atoms with Crippen molar-refractivity contribution in [1.82, 2.24) is 4.90 Å². The molecule has 116 valence electrons. The lowest BCUT2D eigenvalue weighted by Crippen LogP contribution is -2.44. The lowest BCUT2D eigenvalue weighted by atomic mass is 10.1. The molecule has 1 atom stereocenters. The number of rotatable bonds is 6. The molecular formula is C17H25NO3. The van der Waals surface area contributed by atoms with E-state index in [1.165, 1.54) is 0 Å². The molecule has 1 unspecified atom stereocenters. The molecule has 21 heavy (non-hydrogen) atoms. The largest absolute Gasteiger partial charge is 0.486 e. The Labute approximate surface area is 127 Å². The average Bonchev–Trinajstić information content (AvgIpc) is 2.46. The van der Waals surface area contributed by atoms with E-state index in [-0.39, 0.29) is 12.0 Å². The zero-order valence-corrected chi connectivity index (χ0v) is 13.2. The predicted molar refractivity (Wildman–Crippen MR) is 82.7 cm³/mol. The van der Waals surface area contributed by atoms with Crippen LogP contribution in [0.3, 0.4) is 0 Å². The van der Waals surface area contributed by atoms with Crippen molar-refractivity contribution in [3.05, 3.63) is 24.3 Å². The first-order valence-electron chi connectivity index (χ1n) is 7.76. The van der Waals surface area contributed by atoms with Gasteiger partial charge in [0.05, 0.1) is 6.54 Å². The number of amides is 1. The van der Waals surface area contributed by atoms with Gasteiger partial charge in [0.25, 0.3) is 0 Å². The SMILES string of the molecule is CCCN(CC1COc2ccccc2O1)C(=O)CC(C)C. The Kier molecular flexibility index (Phi) is 5.48. The molecule has 4 nitrogen and oxygen atoms in total. The summed E-state index contributed by atoms with van der Waals surface area (Å²) in [6, 6.07) is 7.66. The molecule has 1 aliphatic heterocycles. The molecule has 0 radical (unpaired) electrons. The van der Waals surface area contributed by atoms with Gasteiger partial charge in [-0.05, 0) is 24.5 Å². The summed E-state index contributed by atoms with van der Waals surface area (Å²) in [6.45, 7) is 8.08. The van der Waals surface area contributed by atoms with Gasteiger partial charge in [0.15, 0.2) is 17.6 Å². The van der Waals surface area contributed by atoms with E-state index in [2.05, 4.69) is 20.8 Å². The van der Waals surface area contributed by atoms with Gasteiger partial charge in [0.2, 0.25) is 5.91 Å². The van der Waals surface area contributed by atoms with Crippen molar-refractivity contribution in [1.29, 1.82) is 0 Å². The lowest BCUT2D eigenvalue weighted by Gasteiger charge is -2.31. The van der Waals surface area contributed by atoms with Gasteiger partial charge in [-0.1, -0.05) is 32.9 Å². The van der Waals surface area contributed by atoms with Gasteiger partial charge in [-0.3, -0.25) is 4.79 Å². The molecule has 0 aromatic heterocycles. The average molecular weight is 291 g/mol. The quantitative estimate of drug-likeness (QED) is 0.808. The topological polar surface area (TPSA) is 38.8 Å². The highest BCUT2D eigenvalue weighted by Crippen LogP contribution is 2.31. The van der Waals surface area contributed by atoms with Crippen LogP contribution in [0.1, 0.15) is 33.6 Å². The van der Waals surface area contributed by atoms with Crippen LogP contribution in [0.25, 0.3) is 0 Å². The van der Waals surface area contributed by atoms with Crippen LogP contribution in [0.4, 0.5) is 0 Å². The second-order valence-corrected chi connectivity index (χ2v) is 5.94. The molecule has 2 rings (SSSR count). The number of para-hydroxylation sites is 2. The van der Waals surface area contributed by atoms with E-state index in [1.54, 1.807) is 0 Å². The molecule has 1 aliphatic rings. The lowest BCUT2D eigenvalue weighted by molar-refractivity contribution is -0.133. The first kappa shape index (κ1) is 15.7. The summed E-state index contributed by atoms with van der Waals surface area (Å²) >= 11 is 0. The first-order valence-corrected chi connectivity index (χ1v) is 7.76. The Hall–Kier alpha value is -1.71. The molecule has 1 aromatic rings. The fourth-order valence-corrected chi connectivity index (χ4v) is 2.46. The van der Waals surface area contributed by atoms with Crippen molar-refractivity contribution in [2.45, 2.75) is 39.7 Å². The van der Waals surface area contributed by atoms with Crippen LogP contribution in [0.5, 0.6) is 11.5 Å². The zero-order chi connectivity index (χ0) is 15.2. The van der Waals surface area contributed by atoms with Gasteiger partial charge < -0.3 is 14.4 Å². The molecule has 1 aromatic carbocycles. The van der Waals surface area contributed by atoms with Crippen molar-refractivity contribution < 1.29 is 14.3 Å². The number of carbonyl (C=O) groups excluding carboxylic acids is 1. The summed E-state index contributed by atoms with van der Waals surface area (Å²) in [4.78, 5) is 14.2. The van der Waals surface area contributed by atoms with Crippen LogP contribution < -0.4 is 9.47 Å². The van der Waals surface area contributed by atoms with Crippen molar-refractivity contribution >= 4 is 5.91 Å². The monoisotopic (exact) mass is 291 g/mol. The Morgan fingerprint density at radius 2 is 2.05 bits per heavy atom. The van der Waals surface area contributed by atoms with Gasteiger partial charge in [-0.15, -0.1) is 0 Å². The minimum Gasteiger partial charge on any atom is -0.486 e. The van der Waals surface area contributed by atoms with Gasteiger partial charge in [-0.25, -0.2) is 0 Å². The standard InChI is InChI=1S/C17H25NO3/c1-4-9-18(17(19)10-13(2)3)11-14-12-20-15-7-5-6-8-16(15)21-14/h5-8,13-14H,4,9-12H2,1-3H3. The van der Waals surface area contributed by atoms with E-state index in [4.69, 9.17) is 9.47 Å². The highest BCUT2D eigenvalue weighted by Gasteiger charge is 2.25. The Morgan fingerprint density at radius 3 is 2.71 bits per heavy atom. The molecule has 0 spiro atoms. The maximum atomic E-state index is 12.3. The summed E-state index contributed by atoms with van der Waals surface area (Å²) in [5, 5.41) is 0. The first-order chi connectivity index (χ1) is 10.1. The molecule has 0 aliphatic carbocycles. The number of carbonyl (C=O) groups is 1.